The lowest BCUT2D eigenvalue weighted by molar-refractivity contribution is 1.51. The van der Waals surface area contributed by atoms with E-state index in [1.54, 1.807) is 6.07 Å². The molecule has 1 unspecified atom stereocenters. The molecule has 0 aliphatic carbocycles. The Hall–Kier alpha value is -0.950. The molecule has 0 radical (unpaired) electrons. The summed E-state index contributed by atoms with van der Waals surface area (Å²) in [4.78, 5) is 0. The molecule has 0 saturated heterocycles. The highest BCUT2D eigenvalue weighted by Crippen LogP contribution is 2.25. The zero-order valence-corrected chi connectivity index (χ0v) is 7.54. The molecule has 60 valence electrons. The van der Waals surface area contributed by atoms with Crippen LogP contribution in [-0.4, -0.2) is 0 Å². The number of benzene rings is 1. The summed E-state index contributed by atoms with van der Waals surface area (Å²) < 4.78 is 0. The SMILES string of the molecule is Cc1c(P)cc(N)c(N)c1N. The lowest BCUT2D eigenvalue weighted by Crippen LogP contribution is -2.09. The van der Waals surface area contributed by atoms with Gasteiger partial charge in [0.15, 0.2) is 0 Å². The normalized spacial score (nSPS) is 10.0. The third kappa shape index (κ3) is 1.24. The van der Waals surface area contributed by atoms with Crippen molar-refractivity contribution in [2.75, 3.05) is 17.2 Å². The van der Waals surface area contributed by atoms with Crippen molar-refractivity contribution in [2.24, 2.45) is 0 Å². The Morgan fingerprint density at radius 2 is 1.73 bits per heavy atom. The molecule has 0 saturated carbocycles. The molecule has 3 nitrogen and oxygen atoms in total. The quantitative estimate of drug-likeness (QED) is 0.384. The van der Waals surface area contributed by atoms with Gasteiger partial charge in [-0.1, -0.05) is 0 Å². The first-order valence-corrected chi connectivity index (χ1v) is 3.81. The summed E-state index contributed by atoms with van der Waals surface area (Å²) in [6.45, 7) is 1.91. The van der Waals surface area contributed by atoms with Crippen molar-refractivity contribution in [2.45, 2.75) is 6.92 Å². The van der Waals surface area contributed by atoms with Gasteiger partial charge in [0, 0.05) is 0 Å². The predicted molar refractivity (Wildman–Crippen MR) is 53.8 cm³/mol. The molecule has 11 heavy (non-hydrogen) atoms. The second-order valence-electron chi connectivity index (χ2n) is 2.51. The topological polar surface area (TPSA) is 78.1 Å². The second-order valence-corrected chi connectivity index (χ2v) is 3.13. The van der Waals surface area contributed by atoms with Crippen LogP contribution in [0, 0.1) is 6.92 Å². The van der Waals surface area contributed by atoms with E-state index in [1.165, 1.54) is 0 Å². The summed E-state index contributed by atoms with van der Waals surface area (Å²) in [6.07, 6.45) is 0. The smallest absolute Gasteiger partial charge is 0.0784 e. The van der Waals surface area contributed by atoms with Gasteiger partial charge >= 0.3 is 0 Å². The lowest BCUT2D eigenvalue weighted by atomic mass is 10.1. The molecule has 1 aromatic carbocycles. The zero-order valence-electron chi connectivity index (χ0n) is 6.39. The van der Waals surface area contributed by atoms with Crippen molar-refractivity contribution in [3.05, 3.63) is 11.6 Å². The fourth-order valence-corrected chi connectivity index (χ4v) is 1.20. The number of rotatable bonds is 0. The summed E-state index contributed by atoms with van der Waals surface area (Å²) in [6, 6.07) is 1.80. The van der Waals surface area contributed by atoms with Crippen molar-refractivity contribution < 1.29 is 0 Å². The van der Waals surface area contributed by atoms with Crippen LogP contribution in [0.25, 0.3) is 0 Å². The molecular weight excluding hydrogens is 157 g/mol. The van der Waals surface area contributed by atoms with Gasteiger partial charge in [0.1, 0.15) is 0 Å². The second kappa shape index (κ2) is 2.59. The first-order valence-electron chi connectivity index (χ1n) is 3.23. The van der Waals surface area contributed by atoms with E-state index in [4.69, 9.17) is 17.2 Å². The minimum atomic E-state index is 0.480. The molecule has 0 heterocycles. The van der Waals surface area contributed by atoms with Gasteiger partial charge in [-0.3, -0.25) is 0 Å². The van der Waals surface area contributed by atoms with E-state index in [-0.39, 0.29) is 0 Å². The molecule has 0 aromatic heterocycles. The standard InChI is InChI=1S/C7H12N3P/c1-3-5(11)2-4(8)7(10)6(3)9/h2H,8-11H2,1H3. The van der Waals surface area contributed by atoms with Crippen molar-refractivity contribution in [3.63, 3.8) is 0 Å². The van der Waals surface area contributed by atoms with E-state index in [2.05, 4.69) is 9.24 Å². The van der Waals surface area contributed by atoms with Gasteiger partial charge in [0.05, 0.1) is 17.1 Å². The molecule has 0 spiro atoms. The van der Waals surface area contributed by atoms with Gasteiger partial charge in [0.2, 0.25) is 0 Å². The van der Waals surface area contributed by atoms with Crippen LogP contribution >= 0.6 is 9.24 Å². The highest BCUT2D eigenvalue weighted by molar-refractivity contribution is 7.27. The molecule has 0 fully saturated rings. The van der Waals surface area contributed by atoms with Crippen molar-refractivity contribution in [3.8, 4) is 0 Å². The third-order valence-electron chi connectivity index (χ3n) is 1.75. The van der Waals surface area contributed by atoms with Crippen molar-refractivity contribution >= 4 is 31.6 Å². The van der Waals surface area contributed by atoms with E-state index in [0.717, 1.165) is 10.9 Å². The van der Waals surface area contributed by atoms with Gasteiger partial charge < -0.3 is 17.2 Å². The number of nitrogen functional groups attached to an aromatic ring is 3. The Kier molecular flexibility index (Phi) is 1.92. The average Bonchev–Trinajstić information content (AvgIpc) is 1.97. The van der Waals surface area contributed by atoms with E-state index < -0.39 is 0 Å². The number of hydrogen-bond acceptors (Lipinski definition) is 3. The molecular formula is C7H12N3P. The Bertz CT molecular complexity index is 270. The maximum Gasteiger partial charge on any atom is 0.0784 e. The van der Waals surface area contributed by atoms with Crippen LogP contribution < -0.4 is 22.5 Å². The van der Waals surface area contributed by atoms with Crippen LogP contribution in [0.1, 0.15) is 5.56 Å². The molecule has 0 amide bonds. The van der Waals surface area contributed by atoms with E-state index >= 15 is 0 Å². The number of anilines is 3. The minimum Gasteiger partial charge on any atom is -0.397 e. The van der Waals surface area contributed by atoms with Crippen molar-refractivity contribution in [1.29, 1.82) is 0 Å². The van der Waals surface area contributed by atoms with Gasteiger partial charge in [-0.15, -0.1) is 9.24 Å². The first kappa shape index (κ1) is 8.15. The molecule has 0 aliphatic heterocycles. The maximum absolute atomic E-state index is 5.67. The molecule has 4 heteroatoms. The summed E-state index contributed by atoms with van der Waals surface area (Å²) in [5.41, 5.74) is 19.4. The molecule has 0 aliphatic rings. The van der Waals surface area contributed by atoms with Gasteiger partial charge in [-0.05, 0) is 23.9 Å². The highest BCUT2D eigenvalue weighted by Gasteiger charge is 2.04. The molecule has 0 bridgehead atoms. The molecule has 1 atom stereocenters. The third-order valence-corrected chi connectivity index (χ3v) is 2.35. The first-order chi connectivity index (χ1) is 5.04. The fourth-order valence-electron chi connectivity index (χ4n) is 0.867. The predicted octanol–water partition coefficient (Wildman–Crippen LogP) is 0.242. The summed E-state index contributed by atoms with van der Waals surface area (Å²) >= 11 is 0. The minimum absolute atomic E-state index is 0.480. The molecule has 1 aromatic rings. The van der Waals surface area contributed by atoms with Crippen LogP contribution in [0.4, 0.5) is 17.1 Å². The van der Waals surface area contributed by atoms with Crippen LogP contribution in [-0.2, 0) is 0 Å². The largest absolute Gasteiger partial charge is 0.397 e. The van der Waals surface area contributed by atoms with E-state index in [0.29, 0.717) is 17.1 Å². The summed E-state index contributed by atoms with van der Waals surface area (Å²) in [5, 5.41) is 0.995. The van der Waals surface area contributed by atoms with E-state index in [9.17, 15) is 0 Å². The Labute approximate surface area is 68.1 Å². The van der Waals surface area contributed by atoms with Crippen LogP contribution in [0.3, 0.4) is 0 Å². The Morgan fingerprint density at radius 3 is 2.27 bits per heavy atom. The monoisotopic (exact) mass is 169 g/mol. The van der Waals surface area contributed by atoms with E-state index in [1.807, 2.05) is 6.92 Å². The van der Waals surface area contributed by atoms with Gasteiger partial charge in [-0.2, -0.15) is 0 Å². The average molecular weight is 169 g/mol. The number of nitrogens with two attached hydrogens (primary N) is 3. The van der Waals surface area contributed by atoms with Crippen LogP contribution in [0.2, 0.25) is 0 Å². The molecule has 1 rings (SSSR count). The maximum atomic E-state index is 5.67. The summed E-state index contributed by atoms with van der Waals surface area (Å²) in [5.74, 6) is 0. The lowest BCUT2D eigenvalue weighted by Gasteiger charge is -2.09. The van der Waals surface area contributed by atoms with Crippen LogP contribution in [0.5, 0.6) is 0 Å². The fraction of sp³-hybridized carbons (Fsp3) is 0.143. The van der Waals surface area contributed by atoms with Crippen LogP contribution in [0.15, 0.2) is 6.07 Å². The Balaban J connectivity index is 3.46. The molecule has 6 N–H and O–H groups in total. The van der Waals surface area contributed by atoms with Crippen molar-refractivity contribution in [1.82, 2.24) is 0 Å². The zero-order chi connectivity index (χ0) is 8.59. The van der Waals surface area contributed by atoms with Gasteiger partial charge in [-0.25, -0.2) is 0 Å². The van der Waals surface area contributed by atoms with Gasteiger partial charge in [0.25, 0.3) is 0 Å². The summed E-state index contributed by atoms with van der Waals surface area (Å²) in [7, 11) is 2.56. The Morgan fingerprint density at radius 1 is 1.18 bits per heavy atom. The number of hydrogen-bond donors (Lipinski definition) is 3. The highest BCUT2D eigenvalue weighted by atomic mass is 31.0.